The van der Waals surface area contributed by atoms with Gasteiger partial charge in [-0.2, -0.15) is 5.10 Å². The van der Waals surface area contributed by atoms with E-state index in [-0.39, 0.29) is 5.78 Å². The zero-order chi connectivity index (χ0) is 28.6. The van der Waals surface area contributed by atoms with E-state index in [9.17, 15) is 4.79 Å². The van der Waals surface area contributed by atoms with Crippen LogP contribution in [0.5, 0.6) is 0 Å². The Balaban J connectivity index is 1.63. The van der Waals surface area contributed by atoms with Crippen molar-refractivity contribution in [1.82, 2.24) is 15.5 Å². The van der Waals surface area contributed by atoms with Gasteiger partial charge in [-0.3, -0.25) is 9.89 Å². The van der Waals surface area contributed by atoms with Gasteiger partial charge in [0.25, 0.3) is 0 Å². The van der Waals surface area contributed by atoms with E-state index in [0.717, 1.165) is 72.5 Å². The standard InChI is InChI=1S/C36H47N3O/c1-5-9-29(10-6-2)15-19-33-21-22-35(25-34(33)20-16-30-13-17-32(18-14-30)28(3)4)36(40)12-8-24-37-23-7-11-31-26-38-39-27-31/h13-14,17-18,21-22,25-27,29,37H,3,5-12,15,19,23-24H2,1-2,4H3,(H,38,39). The summed E-state index contributed by atoms with van der Waals surface area (Å²) in [5, 5.41) is 10.3. The number of benzene rings is 2. The number of aromatic nitrogens is 2. The summed E-state index contributed by atoms with van der Waals surface area (Å²) < 4.78 is 0. The molecular formula is C36H47N3O. The maximum Gasteiger partial charge on any atom is 0.162 e. The Morgan fingerprint density at radius 3 is 2.35 bits per heavy atom. The summed E-state index contributed by atoms with van der Waals surface area (Å²) >= 11 is 0. The molecule has 0 unspecified atom stereocenters. The summed E-state index contributed by atoms with van der Waals surface area (Å²) in [6, 6.07) is 14.4. The molecule has 0 atom stereocenters. The number of nitrogens with zero attached hydrogens (tertiary/aromatic N) is 1. The lowest BCUT2D eigenvalue weighted by atomic mass is 9.89. The lowest BCUT2D eigenvalue weighted by Crippen LogP contribution is -2.18. The molecule has 2 aromatic carbocycles. The molecule has 0 aliphatic heterocycles. The zero-order valence-electron chi connectivity index (χ0n) is 24.8. The van der Waals surface area contributed by atoms with Gasteiger partial charge in [0, 0.05) is 29.3 Å². The maximum atomic E-state index is 13.1. The number of ketones is 1. The largest absolute Gasteiger partial charge is 0.317 e. The maximum absolute atomic E-state index is 13.1. The van der Waals surface area contributed by atoms with Gasteiger partial charge in [0.2, 0.25) is 0 Å². The molecule has 2 N–H and O–H groups in total. The van der Waals surface area contributed by atoms with Crippen molar-refractivity contribution in [1.29, 1.82) is 0 Å². The minimum atomic E-state index is 0.190. The van der Waals surface area contributed by atoms with Gasteiger partial charge in [0.1, 0.15) is 0 Å². The van der Waals surface area contributed by atoms with E-state index < -0.39 is 0 Å². The second-order valence-corrected chi connectivity index (χ2v) is 10.9. The van der Waals surface area contributed by atoms with Crippen molar-refractivity contribution in [3.05, 3.63) is 94.8 Å². The zero-order valence-corrected chi connectivity index (χ0v) is 24.8. The number of carbonyl (C=O) groups is 1. The fraction of sp³-hybridized carbons (Fsp3) is 0.444. The molecule has 0 saturated carbocycles. The highest BCUT2D eigenvalue weighted by molar-refractivity contribution is 5.96. The molecule has 0 radical (unpaired) electrons. The Hall–Kier alpha value is -3.42. The number of nitrogens with one attached hydrogen (secondary N) is 2. The molecule has 0 amide bonds. The number of carbonyl (C=O) groups excluding carboxylic acids is 1. The van der Waals surface area contributed by atoms with Crippen molar-refractivity contribution in [2.24, 2.45) is 5.92 Å². The highest BCUT2D eigenvalue weighted by Gasteiger charge is 2.12. The molecule has 3 rings (SSSR count). The molecule has 4 heteroatoms. The average molecular weight is 538 g/mol. The van der Waals surface area contributed by atoms with E-state index >= 15 is 0 Å². The average Bonchev–Trinajstić information content (AvgIpc) is 3.48. The Kier molecular flexibility index (Phi) is 13.5. The Morgan fingerprint density at radius 1 is 0.950 bits per heavy atom. The first kappa shape index (κ1) is 31.1. The number of H-pyrrole nitrogens is 1. The van der Waals surface area contributed by atoms with Gasteiger partial charge in [-0.15, -0.1) is 0 Å². The van der Waals surface area contributed by atoms with Crippen LogP contribution in [0.1, 0.15) is 110 Å². The van der Waals surface area contributed by atoms with Crippen LogP contribution < -0.4 is 5.32 Å². The Morgan fingerprint density at radius 2 is 1.68 bits per heavy atom. The van der Waals surface area contributed by atoms with Gasteiger partial charge in [-0.1, -0.05) is 87.8 Å². The Labute approximate surface area is 242 Å². The van der Waals surface area contributed by atoms with Crippen LogP contribution in [-0.2, 0) is 12.8 Å². The smallest absolute Gasteiger partial charge is 0.162 e. The van der Waals surface area contributed by atoms with Gasteiger partial charge in [-0.05, 0) is 92.9 Å². The van der Waals surface area contributed by atoms with Gasteiger partial charge < -0.3 is 5.32 Å². The van der Waals surface area contributed by atoms with E-state index in [0.29, 0.717) is 6.42 Å². The fourth-order valence-electron chi connectivity index (χ4n) is 5.15. The molecule has 1 aromatic heterocycles. The van der Waals surface area contributed by atoms with Crippen LogP contribution in [0.15, 0.2) is 61.4 Å². The van der Waals surface area contributed by atoms with Gasteiger partial charge in [0.05, 0.1) is 6.20 Å². The summed E-state index contributed by atoms with van der Waals surface area (Å²) in [6.07, 6.45) is 14.4. The van der Waals surface area contributed by atoms with Crippen LogP contribution in [0.4, 0.5) is 0 Å². The molecule has 0 bridgehead atoms. The number of aromatic amines is 1. The number of aryl methyl sites for hydroxylation is 2. The van der Waals surface area contributed by atoms with E-state index in [1.807, 2.05) is 43.6 Å². The number of Topliss-reactive ketones (excluding diaryl/α,β-unsaturated/α-hetero) is 1. The molecule has 212 valence electrons. The first-order valence-electron chi connectivity index (χ1n) is 15.1. The molecule has 0 fully saturated rings. The predicted molar refractivity (Wildman–Crippen MR) is 169 cm³/mol. The molecule has 3 aromatic rings. The predicted octanol–water partition coefficient (Wildman–Crippen LogP) is 8.18. The molecule has 0 aliphatic carbocycles. The summed E-state index contributed by atoms with van der Waals surface area (Å²) in [7, 11) is 0. The van der Waals surface area contributed by atoms with Gasteiger partial charge in [0.15, 0.2) is 5.78 Å². The molecule has 40 heavy (non-hydrogen) atoms. The lowest BCUT2D eigenvalue weighted by Gasteiger charge is -2.16. The first-order chi connectivity index (χ1) is 19.5. The third-order valence-corrected chi connectivity index (χ3v) is 7.50. The molecule has 0 aliphatic rings. The van der Waals surface area contributed by atoms with Crippen molar-refractivity contribution in [2.75, 3.05) is 13.1 Å². The van der Waals surface area contributed by atoms with E-state index in [4.69, 9.17) is 0 Å². The fourth-order valence-corrected chi connectivity index (χ4v) is 5.15. The minimum absolute atomic E-state index is 0.190. The second-order valence-electron chi connectivity index (χ2n) is 10.9. The number of rotatable bonds is 17. The van der Waals surface area contributed by atoms with Crippen LogP contribution >= 0.6 is 0 Å². The van der Waals surface area contributed by atoms with Crippen molar-refractivity contribution in [3.8, 4) is 11.8 Å². The van der Waals surface area contributed by atoms with E-state index in [1.165, 1.54) is 43.2 Å². The number of allylic oxidation sites excluding steroid dienone is 1. The van der Waals surface area contributed by atoms with E-state index in [1.54, 1.807) is 0 Å². The first-order valence-corrected chi connectivity index (χ1v) is 15.1. The molecule has 0 saturated heterocycles. The monoisotopic (exact) mass is 537 g/mol. The van der Waals surface area contributed by atoms with Crippen molar-refractivity contribution in [3.63, 3.8) is 0 Å². The third-order valence-electron chi connectivity index (χ3n) is 7.50. The van der Waals surface area contributed by atoms with Crippen molar-refractivity contribution < 1.29 is 4.79 Å². The summed E-state index contributed by atoms with van der Waals surface area (Å²) in [5.74, 6) is 7.71. The van der Waals surface area contributed by atoms with Crippen molar-refractivity contribution in [2.45, 2.75) is 85.0 Å². The van der Waals surface area contributed by atoms with Crippen LogP contribution in [0.2, 0.25) is 0 Å². The normalized spacial score (nSPS) is 10.9. The van der Waals surface area contributed by atoms with Crippen LogP contribution in [0.3, 0.4) is 0 Å². The quantitative estimate of drug-likeness (QED) is 0.104. The summed E-state index contributed by atoms with van der Waals surface area (Å²) in [5.41, 5.74) is 7.38. The summed E-state index contributed by atoms with van der Waals surface area (Å²) in [6.45, 7) is 12.4. The molecule has 4 nitrogen and oxygen atoms in total. The third kappa shape index (κ3) is 10.6. The highest BCUT2D eigenvalue weighted by atomic mass is 16.1. The second kappa shape index (κ2) is 17.3. The molecule has 0 spiro atoms. The van der Waals surface area contributed by atoms with Crippen LogP contribution in [0, 0.1) is 17.8 Å². The highest BCUT2D eigenvalue weighted by Crippen LogP contribution is 2.23. The van der Waals surface area contributed by atoms with E-state index in [2.05, 4.69) is 66.0 Å². The van der Waals surface area contributed by atoms with Gasteiger partial charge >= 0.3 is 0 Å². The Bertz CT molecular complexity index is 1240. The SMILES string of the molecule is C=C(C)c1ccc(C#Cc2cc(C(=O)CCCNCCCc3cn[nH]c3)ccc2CCC(CCC)CCC)cc1. The molecular weight excluding hydrogens is 490 g/mol. The topological polar surface area (TPSA) is 57.8 Å². The van der Waals surface area contributed by atoms with Crippen LogP contribution in [-0.4, -0.2) is 29.1 Å². The van der Waals surface area contributed by atoms with Crippen molar-refractivity contribution >= 4 is 11.4 Å². The molecule has 1 heterocycles. The van der Waals surface area contributed by atoms with Gasteiger partial charge in [-0.25, -0.2) is 0 Å². The minimum Gasteiger partial charge on any atom is -0.317 e. The number of hydrogen-bond donors (Lipinski definition) is 2. The number of hydrogen-bond acceptors (Lipinski definition) is 3. The summed E-state index contributed by atoms with van der Waals surface area (Å²) in [4.78, 5) is 13.1. The lowest BCUT2D eigenvalue weighted by molar-refractivity contribution is 0.0980. The van der Waals surface area contributed by atoms with Crippen LogP contribution in [0.25, 0.3) is 5.57 Å².